The summed E-state index contributed by atoms with van der Waals surface area (Å²) in [6.07, 6.45) is 7.86. The third kappa shape index (κ3) is 1.07. The second-order valence-electron chi connectivity index (χ2n) is 3.28. The molecule has 0 aliphatic heterocycles. The Bertz CT molecular complexity index is 321. The average molecular weight is 162 g/mol. The van der Waals surface area contributed by atoms with Gasteiger partial charge in [-0.2, -0.15) is 5.10 Å². The van der Waals surface area contributed by atoms with Crippen LogP contribution in [0.2, 0.25) is 0 Å². The molecule has 0 amide bonds. The molecule has 1 aliphatic rings. The second-order valence-corrected chi connectivity index (χ2v) is 3.28. The van der Waals surface area contributed by atoms with Gasteiger partial charge in [0.25, 0.3) is 0 Å². The summed E-state index contributed by atoms with van der Waals surface area (Å²) in [5.41, 5.74) is 4.10. The molecule has 0 fully saturated rings. The number of allylic oxidation sites excluding steroid dienone is 2. The van der Waals surface area contributed by atoms with Crippen molar-refractivity contribution in [3.05, 3.63) is 23.5 Å². The van der Waals surface area contributed by atoms with E-state index >= 15 is 0 Å². The van der Waals surface area contributed by atoms with Gasteiger partial charge in [0, 0.05) is 18.8 Å². The maximum atomic E-state index is 4.43. The van der Waals surface area contributed by atoms with Crippen LogP contribution in [0, 0.1) is 0 Å². The van der Waals surface area contributed by atoms with Crippen LogP contribution in [0.4, 0.5) is 0 Å². The smallest absolute Gasteiger partial charge is 0.0702 e. The number of rotatable bonds is 1. The van der Waals surface area contributed by atoms with Crippen LogP contribution < -0.4 is 0 Å². The second kappa shape index (κ2) is 2.77. The van der Waals surface area contributed by atoms with Gasteiger partial charge in [0.2, 0.25) is 0 Å². The van der Waals surface area contributed by atoms with Gasteiger partial charge in [-0.25, -0.2) is 0 Å². The Morgan fingerprint density at radius 1 is 1.58 bits per heavy atom. The summed E-state index contributed by atoms with van der Waals surface area (Å²) >= 11 is 0. The van der Waals surface area contributed by atoms with Crippen molar-refractivity contribution in [1.29, 1.82) is 0 Å². The van der Waals surface area contributed by atoms with Crippen LogP contribution >= 0.6 is 0 Å². The normalized spacial score (nSPS) is 15.7. The Balaban J connectivity index is 2.47. The number of fused-ring (bicyclic) bond motifs is 1. The molecule has 0 radical (unpaired) electrons. The molecular weight excluding hydrogens is 148 g/mol. The lowest BCUT2D eigenvalue weighted by atomic mass is 9.95. The summed E-state index contributed by atoms with van der Waals surface area (Å²) in [7, 11) is 1.99. The Morgan fingerprint density at radius 3 is 3.17 bits per heavy atom. The number of aromatic nitrogens is 2. The van der Waals surface area contributed by atoms with Crippen LogP contribution in [0.25, 0.3) is 5.57 Å². The van der Waals surface area contributed by atoms with Crippen LogP contribution in [-0.4, -0.2) is 9.78 Å². The molecule has 0 atom stereocenters. The highest BCUT2D eigenvalue weighted by Crippen LogP contribution is 2.26. The van der Waals surface area contributed by atoms with Crippen molar-refractivity contribution in [2.24, 2.45) is 7.05 Å². The Morgan fingerprint density at radius 2 is 2.42 bits per heavy atom. The first-order valence-corrected chi connectivity index (χ1v) is 4.53. The Hall–Kier alpha value is -1.05. The SMILES string of the molecule is CCC1=CCCc2nn(C)cc21. The van der Waals surface area contributed by atoms with E-state index in [-0.39, 0.29) is 0 Å². The van der Waals surface area contributed by atoms with Gasteiger partial charge in [-0.15, -0.1) is 0 Å². The zero-order valence-corrected chi connectivity index (χ0v) is 7.67. The zero-order chi connectivity index (χ0) is 8.55. The molecule has 0 aromatic carbocycles. The predicted octanol–water partition coefficient (Wildman–Crippen LogP) is 2.16. The molecule has 0 N–H and O–H groups in total. The van der Waals surface area contributed by atoms with Gasteiger partial charge in [0.15, 0.2) is 0 Å². The van der Waals surface area contributed by atoms with E-state index in [0.717, 1.165) is 19.3 Å². The lowest BCUT2D eigenvalue weighted by Crippen LogP contribution is -1.97. The summed E-state index contributed by atoms with van der Waals surface area (Å²) < 4.78 is 1.92. The maximum Gasteiger partial charge on any atom is 0.0702 e. The molecule has 64 valence electrons. The summed E-state index contributed by atoms with van der Waals surface area (Å²) in [4.78, 5) is 0. The van der Waals surface area contributed by atoms with Crippen molar-refractivity contribution >= 4 is 5.57 Å². The van der Waals surface area contributed by atoms with Crippen molar-refractivity contribution in [3.63, 3.8) is 0 Å². The van der Waals surface area contributed by atoms with E-state index < -0.39 is 0 Å². The van der Waals surface area contributed by atoms with Crippen molar-refractivity contribution in [3.8, 4) is 0 Å². The summed E-state index contributed by atoms with van der Waals surface area (Å²) in [5, 5.41) is 4.43. The van der Waals surface area contributed by atoms with Crippen molar-refractivity contribution in [1.82, 2.24) is 9.78 Å². The molecule has 0 bridgehead atoms. The third-order valence-electron chi connectivity index (χ3n) is 2.40. The highest BCUT2D eigenvalue weighted by molar-refractivity contribution is 5.68. The Labute approximate surface area is 72.9 Å². The van der Waals surface area contributed by atoms with Crippen molar-refractivity contribution < 1.29 is 0 Å². The summed E-state index contributed by atoms with van der Waals surface area (Å²) in [6.45, 7) is 2.20. The van der Waals surface area contributed by atoms with Crippen LogP contribution in [0.15, 0.2) is 12.3 Å². The van der Waals surface area contributed by atoms with Gasteiger partial charge >= 0.3 is 0 Å². The van der Waals surface area contributed by atoms with Gasteiger partial charge in [-0.05, 0) is 24.8 Å². The molecule has 12 heavy (non-hydrogen) atoms. The van der Waals surface area contributed by atoms with Crippen molar-refractivity contribution in [2.75, 3.05) is 0 Å². The number of hydrogen-bond acceptors (Lipinski definition) is 1. The summed E-state index contributed by atoms with van der Waals surface area (Å²) in [6, 6.07) is 0. The number of hydrogen-bond donors (Lipinski definition) is 0. The lowest BCUT2D eigenvalue weighted by molar-refractivity contribution is 0.739. The van der Waals surface area contributed by atoms with Gasteiger partial charge < -0.3 is 0 Å². The Kier molecular flexibility index (Phi) is 1.75. The average Bonchev–Trinajstić information content (AvgIpc) is 2.44. The highest BCUT2D eigenvalue weighted by Gasteiger charge is 2.13. The molecule has 0 unspecified atom stereocenters. The lowest BCUT2D eigenvalue weighted by Gasteiger charge is -2.09. The first-order chi connectivity index (χ1) is 5.81. The minimum Gasteiger partial charge on any atom is -0.275 e. The minimum atomic E-state index is 1.11. The molecule has 0 saturated carbocycles. The van der Waals surface area contributed by atoms with E-state index in [4.69, 9.17) is 0 Å². The number of aryl methyl sites for hydroxylation is 2. The topological polar surface area (TPSA) is 17.8 Å². The molecule has 0 spiro atoms. The molecule has 1 aromatic heterocycles. The molecule has 2 nitrogen and oxygen atoms in total. The molecule has 2 rings (SSSR count). The van der Waals surface area contributed by atoms with Gasteiger partial charge in [0.05, 0.1) is 5.69 Å². The fourth-order valence-electron chi connectivity index (χ4n) is 1.82. The van der Waals surface area contributed by atoms with E-state index in [2.05, 4.69) is 24.3 Å². The highest BCUT2D eigenvalue weighted by atomic mass is 15.2. The van der Waals surface area contributed by atoms with Crippen LogP contribution in [0.5, 0.6) is 0 Å². The van der Waals surface area contributed by atoms with E-state index in [1.165, 1.54) is 16.8 Å². The molecular formula is C10H14N2. The molecule has 1 aromatic rings. The fourth-order valence-corrected chi connectivity index (χ4v) is 1.82. The number of nitrogens with zero attached hydrogens (tertiary/aromatic N) is 2. The van der Waals surface area contributed by atoms with E-state index in [1.807, 2.05) is 11.7 Å². The zero-order valence-electron chi connectivity index (χ0n) is 7.67. The first kappa shape index (κ1) is 7.59. The first-order valence-electron chi connectivity index (χ1n) is 4.53. The predicted molar refractivity (Wildman–Crippen MR) is 49.8 cm³/mol. The van der Waals surface area contributed by atoms with Crippen LogP contribution in [0.3, 0.4) is 0 Å². The van der Waals surface area contributed by atoms with E-state index in [9.17, 15) is 0 Å². The monoisotopic (exact) mass is 162 g/mol. The quantitative estimate of drug-likeness (QED) is 0.618. The van der Waals surface area contributed by atoms with Crippen LogP contribution in [-0.2, 0) is 13.5 Å². The van der Waals surface area contributed by atoms with E-state index in [1.54, 1.807) is 0 Å². The molecule has 0 saturated heterocycles. The standard InChI is InChI=1S/C10H14N2/c1-3-8-5-4-6-10-9(8)7-12(2)11-10/h5,7H,3-4,6H2,1-2H3. The minimum absolute atomic E-state index is 1.11. The fraction of sp³-hybridized carbons (Fsp3) is 0.500. The van der Waals surface area contributed by atoms with E-state index in [0.29, 0.717) is 0 Å². The largest absolute Gasteiger partial charge is 0.275 e. The van der Waals surface area contributed by atoms with Gasteiger partial charge in [-0.1, -0.05) is 13.0 Å². The molecule has 1 heterocycles. The molecule has 1 aliphatic carbocycles. The molecule has 2 heteroatoms. The van der Waals surface area contributed by atoms with Gasteiger partial charge in [0.1, 0.15) is 0 Å². The van der Waals surface area contributed by atoms with Crippen LogP contribution in [0.1, 0.15) is 31.0 Å². The maximum absolute atomic E-state index is 4.43. The summed E-state index contributed by atoms with van der Waals surface area (Å²) in [5.74, 6) is 0. The van der Waals surface area contributed by atoms with Crippen molar-refractivity contribution in [2.45, 2.75) is 26.2 Å². The third-order valence-corrected chi connectivity index (χ3v) is 2.40. The van der Waals surface area contributed by atoms with Gasteiger partial charge in [-0.3, -0.25) is 4.68 Å².